The van der Waals surface area contributed by atoms with E-state index in [1.165, 1.54) is 7.11 Å². The summed E-state index contributed by atoms with van der Waals surface area (Å²) in [5.74, 6) is -0.609. The monoisotopic (exact) mass is 282 g/mol. The van der Waals surface area contributed by atoms with Crippen LogP contribution in [0.15, 0.2) is 30.3 Å². The van der Waals surface area contributed by atoms with Gasteiger partial charge < -0.3 is 24.4 Å². The average Bonchev–Trinajstić information content (AvgIpc) is 2.48. The van der Waals surface area contributed by atoms with E-state index in [2.05, 4.69) is 0 Å². The Morgan fingerprint density at radius 1 is 1.20 bits per heavy atom. The van der Waals surface area contributed by atoms with Gasteiger partial charge in [-0.25, -0.2) is 4.79 Å². The van der Waals surface area contributed by atoms with Gasteiger partial charge >= 0.3 is 5.97 Å². The van der Waals surface area contributed by atoms with Crippen LogP contribution in [0, 0.1) is 0 Å². The van der Waals surface area contributed by atoms with Crippen LogP contribution in [-0.2, 0) is 14.2 Å². The molecule has 1 aromatic rings. The molecule has 1 saturated heterocycles. The lowest BCUT2D eigenvalue weighted by atomic mass is 10.00. The van der Waals surface area contributed by atoms with E-state index in [9.17, 15) is 15.0 Å². The van der Waals surface area contributed by atoms with Gasteiger partial charge in [0.2, 0.25) is 0 Å². The Morgan fingerprint density at radius 3 is 2.45 bits per heavy atom. The maximum atomic E-state index is 12.0. The maximum Gasteiger partial charge on any atom is 0.338 e. The summed E-state index contributed by atoms with van der Waals surface area (Å²) < 4.78 is 15.6. The molecule has 0 aromatic heterocycles. The molecule has 20 heavy (non-hydrogen) atoms. The third kappa shape index (κ3) is 2.99. The van der Waals surface area contributed by atoms with E-state index in [0.717, 1.165) is 0 Å². The van der Waals surface area contributed by atoms with Crippen LogP contribution in [0.2, 0.25) is 0 Å². The minimum absolute atomic E-state index is 0.350. The molecule has 6 nitrogen and oxygen atoms in total. The second kappa shape index (κ2) is 6.32. The highest BCUT2D eigenvalue weighted by molar-refractivity contribution is 5.89. The van der Waals surface area contributed by atoms with Crippen LogP contribution in [0.25, 0.3) is 0 Å². The second-order valence-electron chi connectivity index (χ2n) is 4.66. The standard InChI is InChI=1S/C14H18O6/c1-8-10(15)11(16)12(14(18-2)19-8)20-13(17)9-6-4-3-5-7-9/h3-8,10-12,14-16H,1-2H3/t8-,10-,11+,12+,14-/m0/s1. The molecule has 1 aromatic carbocycles. The van der Waals surface area contributed by atoms with Gasteiger partial charge in [-0.3, -0.25) is 0 Å². The summed E-state index contributed by atoms with van der Waals surface area (Å²) in [7, 11) is 1.38. The smallest absolute Gasteiger partial charge is 0.338 e. The molecule has 1 aliphatic rings. The Hall–Kier alpha value is -1.47. The molecule has 2 N–H and O–H groups in total. The van der Waals surface area contributed by atoms with Gasteiger partial charge in [0.05, 0.1) is 11.7 Å². The van der Waals surface area contributed by atoms with Crippen LogP contribution in [0.1, 0.15) is 17.3 Å². The molecule has 0 spiro atoms. The zero-order valence-corrected chi connectivity index (χ0v) is 11.3. The van der Waals surface area contributed by atoms with E-state index >= 15 is 0 Å². The van der Waals surface area contributed by atoms with Gasteiger partial charge in [0, 0.05) is 7.11 Å². The lowest BCUT2D eigenvalue weighted by Gasteiger charge is -2.40. The zero-order valence-electron chi connectivity index (χ0n) is 11.3. The first-order valence-electron chi connectivity index (χ1n) is 6.35. The number of ether oxygens (including phenoxy) is 3. The van der Waals surface area contributed by atoms with Crippen molar-refractivity contribution in [3.8, 4) is 0 Å². The fourth-order valence-electron chi connectivity index (χ4n) is 2.08. The van der Waals surface area contributed by atoms with Crippen molar-refractivity contribution in [2.24, 2.45) is 0 Å². The fourth-order valence-corrected chi connectivity index (χ4v) is 2.08. The summed E-state index contributed by atoms with van der Waals surface area (Å²) in [5, 5.41) is 19.8. The lowest BCUT2D eigenvalue weighted by Crippen LogP contribution is -2.58. The van der Waals surface area contributed by atoms with Crippen molar-refractivity contribution in [3.63, 3.8) is 0 Å². The molecule has 5 atom stereocenters. The van der Waals surface area contributed by atoms with Gasteiger partial charge in [0.25, 0.3) is 0 Å². The average molecular weight is 282 g/mol. The summed E-state index contributed by atoms with van der Waals surface area (Å²) in [6.07, 6.45) is -5.03. The summed E-state index contributed by atoms with van der Waals surface area (Å²) in [6.45, 7) is 1.61. The van der Waals surface area contributed by atoms with Crippen molar-refractivity contribution < 1.29 is 29.2 Å². The third-order valence-electron chi connectivity index (χ3n) is 3.27. The van der Waals surface area contributed by atoms with Crippen LogP contribution >= 0.6 is 0 Å². The number of esters is 1. The van der Waals surface area contributed by atoms with Crippen molar-refractivity contribution in [3.05, 3.63) is 35.9 Å². The van der Waals surface area contributed by atoms with Crippen LogP contribution in [-0.4, -0.2) is 54.0 Å². The first kappa shape index (κ1) is 14.9. The second-order valence-corrected chi connectivity index (χ2v) is 4.66. The minimum atomic E-state index is -1.27. The maximum absolute atomic E-state index is 12.0. The Balaban J connectivity index is 2.11. The molecule has 1 fully saturated rings. The Labute approximate surface area is 116 Å². The Morgan fingerprint density at radius 2 is 1.85 bits per heavy atom. The van der Waals surface area contributed by atoms with E-state index in [-0.39, 0.29) is 0 Å². The van der Waals surface area contributed by atoms with Crippen molar-refractivity contribution in [1.29, 1.82) is 0 Å². The van der Waals surface area contributed by atoms with Crippen LogP contribution in [0.4, 0.5) is 0 Å². The largest absolute Gasteiger partial charge is 0.450 e. The summed E-state index contributed by atoms with van der Waals surface area (Å²) in [6, 6.07) is 8.38. The van der Waals surface area contributed by atoms with E-state index in [4.69, 9.17) is 14.2 Å². The molecular formula is C14H18O6. The van der Waals surface area contributed by atoms with Gasteiger partial charge in [-0.2, -0.15) is 0 Å². The molecule has 2 rings (SSSR count). The quantitative estimate of drug-likeness (QED) is 0.777. The van der Waals surface area contributed by atoms with E-state index < -0.39 is 36.7 Å². The minimum Gasteiger partial charge on any atom is -0.450 e. The number of aliphatic hydroxyl groups is 2. The van der Waals surface area contributed by atoms with Crippen molar-refractivity contribution in [2.75, 3.05) is 7.11 Å². The highest BCUT2D eigenvalue weighted by atomic mass is 16.7. The lowest BCUT2D eigenvalue weighted by molar-refractivity contribution is -0.285. The molecule has 0 saturated carbocycles. The number of hydrogen-bond donors (Lipinski definition) is 2. The van der Waals surface area contributed by atoms with Gasteiger partial charge in [0.15, 0.2) is 12.4 Å². The Bertz CT molecular complexity index is 446. The Kier molecular flexibility index (Phi) is 4.72. The molecule has 1 aliphatic heterocycles. The molecule has 0 amide bonds. The number of benzene rings is 1. The molecule has 1 heterocycles. The number of methoxy groups -OCH3 is 1. The molecule has 0 unspecified atom stereocenters. The van der Waals surface area contributed by atoms with Crippen LogP contribution < -0.4 is 0 Å². The van der Waals surface area contributed by atoms with Gasteiger partial charge in [-0.1, -0.05) is 18.2 Å². The van der Waals surface area contributed by atoms with E-state index in [1.807, 2.05) is 0 Å². The summed E-state index contributed by atoms with van der Waals surface area (Å²) in [5.41, 5.74) is 0.350. The predicted octanol–water partition coefficient (Wildman–Crippen LogP) is 0.325. The number of rotatable bonds is 3. The topological polar surface area (TPSA) is 85.2 Å². The highest BCUT2D eigenvalue weighted by Gasteiger charge is 2.45. The number of hydrogen-bond acceptors (Lipinski definition) is 6. The molecule has 0 radical (unpaired) electrons. The number of carbonyl (C=O) groups excluding carboxylic acids is 1. The van der Waals surface area contributed by atoms with Gasteiger partial charge in [0.1, 0.15) is 12.2 Å². The number of aliphatic hydroxyl groups excluding tert-OH is 2. The van der Waals surface area contributed by atoms with Gasteiger partial charge in [-0.15, -0.1) is 0 Å². The number of carbonyl (C=O) groups is 1. The molecule has 0 aliphatic carbocycles. The van der Waals surface area contributed by atoms with E-state index in [1.54, 1.807) is 37.3 Å². The zero-order chi connectivity index (χ0) is 14.7. The van der Waals surface area contributed by atoms with Crippen molar-refractivity contribution in [2.45, 2.75) is 37.6 Å². The predicted molar refractivity (Wildman–Crippen MR) is 69.0 cm³/mol. The summed E-state index contributed by atoms with van der Waals surface area (Å²) >= 11 is 0. The molecule has 110 valence electrons. The van der Waals surface area contributed by atoms with Crippen LogP contribution in [0.3, 0.4) is 0 Å². The third-order valence-corrected chi connectivity index (χ3v) is 3.27. The molecule has 6 heteroatoms. The highest BCUT2D eigenvalue weighted by Crippen LogP contribution is 2.24. The first-order chi connectivity index (χ1) is 9.54. The van der Waals surface area contributed by atoms with Crippen molar-refractivity contribution >= 4 is 5.97 Å². The molecule has 0 bridgehead atoms. The van der Waals surface area contributed by atoms with Crippen molar-refractivity contribution in [1.82, 2.24) is 0 Å². The SMILES string of the molecule is CO[C@H]1O[C@@H](C)[C@H](O)[C@@H](O)[C@H]1OC(=O)c1ccccc1. The van der Waals surface area contributed by atoms with Gasteiger partial charge in [-0.05, 0) is 19.1 Å². The van der Waals surface area contributed by atoms with E-state index in [0.29, 0.717) is 5.56 Å². The molecular weight excluding hydrogens is 264 g/mol. The fraction of sp³-hybridized carbons (Fsp3) is 0.500. The first-order valence-corrected chi connectivity index (χ1v) is 6.35. The van der Waals surface area contributed by atoms with Crippen LogP contribution in [0.5, 0.6) is 0 Å². The summed E-state index contributed by atoms with van der Waals surface area (Å²) in [4.78, 5) is 12.0. The normalized spacial score (nSPS) is 33.7.